The standard InChI is InChI=1S/C31H42N4O6/c1-24-6-8-27(16-25(24)2)41-22-31(37)20-34(13-14-35(21-31)30(36)19-38-3)18-26-7-9-28(29(17-26)39-4)40-15-5-11-33-12-10-32-23-33/h6-10,12,16-17,23,37H,5,11,13-15,18-22H2,1-4H3. The van der Waals surface area contributed by atoms with Crippen LogP contribution in [0.25, 0.3) is 0 Å². The van der Waals surface area contributed by atoms with E-state index >= 15 is 0 Å². The molecule has 1 unspecified atom stereocenters. The highest BCUT2D eigenvalue weighted by Crippen LogP contribution is 2.29. The summed E-state index contributed by atoms with van der Waals surface area (Å²) in [5.74, 6) is 1.88. The van der Waals surface area contributed by atoms with Crippen LogP contribution >= 0.6 is 0 Å². The second kappa shape index (κ2) is 14.3. The van der Waals surface area contributed by atoms with E-state index in [1.54, 1.807) is 24.5 Å². The monoisotopic (exact) mass is 566 g/mol. The van der Waals surface area contributed by atoms with Gasteiger partial charge in [0.1, 0.15) is 24.6 Å². The lowest BCUT2D eigenvalue weighted by atomic mass is 10.0. The maximum Gasteiger partial charge on any atom is 0.248 e. The minimum atomic E-state index is -1.28. The molecule has 4 rings (SSSR count). The number of aliphatic hydroxyl groups is 1. The Hall–Kier alpha value is -3.60. The molecule has 0 radical (unpaired) electrons. The van der Waals surface area contributed by atoms with E-state index in [0.717, 1.165) is 24.1 Å². The number of rotatable bonds is 13. The number of benzene rings is 2. The van der Waals surface area contributed by atoms with E-state index in [1.807, 2.05) is 61.0 Å². The average Bonchev–Trinajstić information content (AvgIpc) is 3.42. The molecular formula is C31H42N4O6. The largest absolute Gasteiger partial charge is 0.493 e. The van der Waals surface area contributed by atoms with Crippen molar-refractivity contribution in [1.82, 2.24) is 19.4 Å². The van der Waals surface area contributed by atoms with Crippen LogP contribution in [-0.2, 0) is 22.6 Å². The fourth-order valence-corrected chi connectivity index (χ4v) is 4.95. The highest BCUT2D eigenvalue weighted by atomic mass is 16.5. The minimum absolute atomic E-state index is 0.0327. The third kappa shape index (κ3) is 8.69. The third-order valence-corrected chi connectivity index (χ3v) is 7.31. The van der Waals surface area contributed by atoms with Gasteiger partial charge in [-0.1, -0.05) is 12.1 Å². The van der Waals surface area contributed by atoms with Crippen molar-refractivity contribution in [2.45, 2.75) is 39.0 Å². The molecule has 3 aromatic rings. The van der Waals surface area contributed by atoms with Crippen LogP contribution in [0.15, 0.2) is 55.1 Å². The Bertz CT molecular complexity index is 1270. The Morgan fingerprint density at radius 1 is 1.02 bits per heavy atom. The molecule has 0 aliphatic carbocycles. The van der Waals surface area contributed by atoms with E-state index < -0.39 is 5.60 Å². The number of ether oxygens (including phenoxy) is 4. The van der Waals surface area contributed by atoms with Gasteiger partial charge >= 0.3 is 0 Å². The van der Waals surface area contributed by atoms with Crippen molar-refractivity contribution in [2.24, 2.45) is 0 Å². The van der Waals surface area contributed by atoms with Crippen LogP contribution in [0.3, 0.4) is 0 Å². The lowest BCUT2D eigenvalue weighted by Crippen LogP contribution is -2.52. The SMILES string of the molecule is COCC(=O)N1CCN(Cc2ccc(OCCCn3ccnc3)c(OC)c2)CC(O)(COc2ccc(C)c(C)c2)C1. The van der Waals surface area contributed by atoms with Crippen molar-refractivity contribution in [3.8, 4) is 17.2 Å². The molecule has 1 aliphatic rings. The number of methoxy groups -OCH3 is 2. The molecule has 1 fully saturated rings. The van der Waals surface area contributed by atoms with Gasteiger partial charge in [0.05, 0.1) is 26.6 Å². The molecule has 1 amide bonds. The molecule has 2 heterocycles. The molecule has 0 spiro atoms. The molecule has 0 saturated carbocycles. The molecule has 1 aliphatic heterocycles. The molecule has 1 atom stereocenters. The quantitative estimate of drug-likeness (QED) is 0.315. The number of hydrogen-bond acceptors (Lipinski definition) is 8. The second-order valence-electron chi connectivity index (χ2n) is 10.7. The van der Waals surface area contributed by atoms with E-state index in [-0.39, 0.29) is 25.7 Å². The lowest BCUT2D eigenvalue weighted by Gasteiger charge is -2.33. The number of imidazole rings is 1. The maximum atomic E-state index is 12.8. The van der Waals surface area contributed by atoms with E-state index in [1.165, 1.54) is 12.7 Å². The minimum Gasteiger partial charge on any atom is -0.493 e. The number of nitrogens with zero attached hydrogens (tertiary/aromatic N) is 4. The zero-order valence-corrected chi connectivity index (χ0v) is 24.5. The number of carbonyl (C=O) groups excluding carboxylic acids is 1. The van der Waals surface area contributed by atoms with E-state index in [9.17, 15) is 9.90 Å². The summed E-state index contributed by atoms with van der Waals surface area (Å²) in [6, 6.07) is 11.8. The Morgan fingerprint density at radius 2 is 1.88 bits per heavy atom. The van der Waals surface area contributed by atoms with Crippen molar-refractivity contribution >= 4 is 5.91 Å². The van der Waals surface area contributed by atoms with Crippen molar-refractivity contribution < 1.29 is 28.8 Å². The summed E-state index contributed by atoms with van der Waals surface area (Å²) in [6.45, 7) is 7.61. The number of aryl methyl sites for hydroxylation is 3. The van der Waals surface area contributed by atoms with E-state index in [2.05, 4.69) is 9.88 Å². The molecule has 222 valence electrons. The van der Waals surface area contributed by atoms with Crippen LogP contribution in [0.1, 0.15) is 23.1 Å². The molecule has 41 heavy (non-hydrogen) atoms. The molecule has 0 bridgehead atoms. The molecular weight excluding hydrogens is 524 g/mol. The van der Waals surface area contributed by atoms with Gasteiger partial charge in [0.25, 0.3) is 0 Å². The number of hydrogen-bond donors (Lipinski definition) is 1. The molecule has 2 aromatic carbocycles. The first-order valence-electron chi connectivity index (χ1n) is 14.0. The van der Waals surface area contributed by atoms with Crippen LogP contribution in [-0.4, -0.2) is 96.2 Å². The van der Waals surface area contributed by atoms with Gasteiger partial charge in [0, 0.05) is 52.2 Å². The Morgan fingerprint density at radius 3 is 2.61 bits per heavy atom. The number of aromatic nitrogens is 2. The summed E-state index contributed by atoms with van der Waals surface area (Å²) in [5.41, 5.74) is 2.03. The van der Waals surface area contributed by atoms with Crippen molar-refractivity contribution in [3.05, 3.63) is 71.8 Å². The summed E-state index contributed by atoms with van der Waals surface area (Å²) >= 11 is 0. The van der Waals surface area contributed by atoms with Crippen LogP contribution < -0.4 is 14.2 Å². The lowest BCUT2D eigenvalue weighted by molar-refractivity contribution is -0.138. The van der Waals surface area contributed by atoms with Crippen molar-refractivity contribution in [3.63, 3.8) is 0 Å². The maximum absolute atomic E-state index is 12.8. The Kier molecular flexibility index (Phi) is 10.6. The van der Waals surface area contributed by atoms with Gasteiger partial charge in [-0.15, -0.1) is 0 Å². The van der Waals surface area contributed by atoms with Gasteiger partial charge in [0.15, 0.2) is 11.5 Å². The topological polar surface area (TPSA) is 98.5 Å². The van der Waals surface area contributed by atoms with Crippen LogP contribution in [0.2, 0.25) is 0 Å². The fraction of sp³-hybridized carbons (Fsp3) is 0.484. The summed E-state index contributed by atoms with van der Waals surface area (Å²) in [5, 5.41) is 11.8. The summed E-state index contributed by atoms with van der Waals surface area (Å²) in [7, 11) is 3.13. The molecule has 1 N–H and O–H groups in total. The van der Waals surface area contributed by atoms with Gasteiger partial charge < -0.3 is 33.5 Å². The fourth-order valence-electron chi connectivity index (χ4n) is 4.95. The van der Waals surface area contributed by atoms with Gasteiger partial charge in [-0.3, -0.25) is 9.69 Å². The highest BCUT2D eigenvalue weighted by Gasteiger charge is 2.37. The predicted molar refractivity (Wildman–Crippen MR) is 155 cm³/mol. The highest BCUT2D eigenvalue weighted by molar-refractivity contribution is 5.77. The van der Waals surface area contributed by atoms with E-state index in [0.29, 0.717) is 50.0 Å². The summed E-state index contributed by atoms with van der Waals surface area (Å²) in [4.78, 5) is 20.6. The van der Waals surface area contributed by atoms with Crippen molar-refractivity contribution in [1.29, 1.82) is 0 Å². The Balaban J connectivity index is 1.42. The number of amides is 1. The Labute approximate surface area is 242 Å². The van der Waals surface area contributed by atoms with Crippen molar-refractivity contribution in [2.75, 3.05) is 60.2 Å². The molecule has 10 nitrogen and oxygen atoms in total. The number of β-amino-alcohol motifs (C(OH)–C–C–N with tert-alkyl or cyclic N) is 1. The van der Waals surface area contributed by atoms with Gasteiger partial charge in [-0.25, -0.2) is 4.98 Å². The first-order chi connectivity index (χ1) is 19.8. The molecule has 1 saturated heterocycles. The van der Waals surface area contributed by atoms with Crippen LogP contribution in [0.4, 0.5) is 0 Å². The van der Waals surface area contributed by atoms with Gasteiger partial charge in [0.2, 0.25) is 5.91 Å². The smallest absolute Gasteiger partial charge is 0.248 e. The zero-order valence-electron chi connectivity index (χ0n) is 24.5. The summed E-state index contributed by atoms with van der Waals surface area (Å²) in [6.07, 6.45) is 6.33. The predicted octanol–water partition coefficient (Wildman–Crippen LogP) is 3.08. The molecule has 1 aromatic heterocycles. The zero-order chi connectivity index (χ0) is 29.2. The van der Waals surface area contributed by atoms with Gasteiger partial charge in [-0.2, -0.15) is 0 Å². The first kappa shape index (κ1) is 30.4. The average molecular weight is 567 g/mol. The second-order valence-corrected chi connectivity index (χ2v) is 10.7. The van der Waals surface area contributed by atoms with Crippen LogP contribution in [0, 0.1) is 13.8 Å². The normalized spacial score (nSPS) is 17.7. The first-order valence-corrected chi connectivity index (χ1v) is 14.0. The van der Waals surface area contributed by atoms with Crippen LogP contribution in [0.5, 0.6) is 17.2 Å². The molecule has 10 heteroatoms. The number of carbonyl (C=O) groups is 1. The summed E-state index contributed by atoms with van der Waals surface area (Å²) < 4.78 is 24.8. The van der Waals surface area contributed by atoms with E-state index in [4.69, 9.17) is 18.9 Å². The third-order valence-electron chi connectivity index (χ3n) is 7.31. The van der Waals surface area contributed by atoms with Gasteiger partial charge in [-0.05, 0) is 61.2 Å².